The molecule has 0 aliphatic heterocycles. The molecule has 1 fully saturated rings. The number of amidine groups is 1. The van der Waals surface area contributed by atoms with E-state index in [1.165, 1.54) is 25.7 Å². The van der Waals surface area contributed by atoms with Gasteiger partial charge in [-0.1, -0.05) is 30.8 Å². The number of carbonyl (C=O) groups excluding carboxylic acids is 1. The number of hydrogen-bond donors (Lipinski definition) is 3. The van der Waals surface area contributed by atoms with Crippen LogP contribution in [0.25, 0.3) is 0 Å². The summed E-state index contributed by atoms with van der Waals surface area (Å²) < 4.78 is 0. The van der Waals surface area contributed by atoms with Gasteiger partial charge in [0, 0.05) is 18.9 Å². The van der Waals surface area contributed by atoms with Gasteiger partial charge < -0.3 is 16.3 Å². The Labute approximate surface area is 102 Å². The van der Waals surface area contributed by atoms with Gasteiger partial charge in [0.25, 0.3) is 0 Å². The molecule has 5 nitrogen and oxygen atoms in total. The van der Waals surface area contributed by atoms with Gasteiger partial charge in [0.2, 0.25) is 5.91 Å². The summed E-state index contributed by atoms with van der Waals surface area (Å²) in [6.07, 6.45) is 8.12. The molecule has 0 radical (unpaired) electrons. The van der Waals surface area contributed by atoms with Crippen molar-refractivity contribution in [3.8, 4) is 0 Å². The average molecular weight is 241 g/mol. The summed E-state index contributed by atoms with van der Waals surface area (Å²) in [5.41, 5.74) is 5.34. The van der Waals surface area contributed by atoms with E-state index in [-0.39, 0.29) is 17.7 Å². The summed E-state index contributed by atoms with van der Waals surface area (Å²) in [6, 6.07) is 0. The van der Waals surface area contributed by atoms with Crippen LogP contribution in [0.1, 0.15) is 51.4 Å². The predicted octanol–water partition coefficient (Wildman–Crippen LogP) is 1.60. The van der Waals surface area contributed by atoms with Crippen LogP contribution in [-0.2, 0) is 4.79 Å². The fourth-order valence-electron chi connectivity index (χ4n) is 2.22. The van der Waals surface area contributed by atoms with Gasteiger partial charge in [0.15, 0.2) is 0 Å². The van der Waals surface area contributed by atoms with E-state index in [1.54, 1.807) is 0 Å². The first kappa shape index (κ1) is 13.8. The van der Waals surface area contributed by atoms with Crippen LogP contribution in [0.2, 0.25) is 0 Å². The molecule has 4 N–H and O–H groups in total. The second-order valence-corrected chi connectivity index (χ2v) is 4.67. The van der Waals surface area contributed by atoms with Gasteiger partial charge in [0.1, 0.15) is 5.84 Å². The Morgan fingerprint density at radius 1 is 1.29 bits per heavy atom. The molecule has 98 valence electrons. The fourth-order valence-corrected chi connectivity index (χ4v) is 2.22. The Morgan fingerprint density at radius 3 is 2.53 bits per heavy atom. The van der Waals surface area contributed by atoms with E-state index in [2.05, 4.69) is 10.5 Å². The Kier molecular flexibility index (Phi) is 6.43. The quantitative estimate of drug-likeness (QED) is 0.171. The summed E-state index contributed by atoms with van der Waals surface area (Å²) in [7, 11) is 0. The number of nitrogens with one attached hydrogen (secondary N) is 1. The van der Waals surface area contributed by atoms with E-state index >= 15 is 0 Å². The molecule has 0 saturated heterocycles. The standard InChI is InChI=1S/C12H23N3O2/c13-11(15-17)8-5-9-14-12(16)10-6-3-1-2-4-7-10/h10,17H,1-9H2,(H2,13,15)(H,14,16). The number of rotatable bonds is 5. The predicted molar refractivity (Wildman–Crippen MR) is 66.8 cm³/mol. The van der Waals surface area contributed by atoms with Crippen LogP contribution in [0.4, 0.5) is 0 Å². The van der Waals surface area contributed by atoms with Gasteiger partial charge >= 0.3 is 0 Å². The molecular formula is C12H23N3O2. The maximum absolute atomic E-state index is 11.8. The van der Waals surface area contributed by atoms with Crippen LogP contribution in [0.15, 0.2) is 5.16 Å². The van der Waals surface area contributed by atoms with Crippen LogP contribution in [-0.4, -0.2) is 23.5 Å². The zero-order chi connectivity index (χ0) is 12.5. The number of carbonyl (C=O) groups is 1. The lowest BCUT2D eigenvalue weighted by molar-refractivity contribution is -0.125. The first-order chi connectivity index (χ1) is 8.24. The summed E-state index contributed by atoms with van der Waals surface area (Å²) >= 11 is 0. The van der Waals surface area contributed by atoms with Crippen LogP contribution in [0.5, 0.6) is 0 Å². The molecule has 0 bridgehead atoms. The topological polar surface area (TPSA) is 87.7 Å². The van der Waals surface area contributed by atoms with Crippen molar-refractivity contribution in [3.63, 3.8) is 0 Å². The Balaban J connectivity index is 2.15. The van der Waals surface area contributed by atoms with Gasteiger partial charge in [-0.3, -0.25) is 4.79 Å². The molecule has 1 rings (SSSR count). The zero-order valence-electron chi connectivity index (χ0n) is 10.3. The minimum absolute atomic E-state index is 0.173. The van der Waals surface area contributed by atoms with Crippen molar-refractivity contribution in [2.24, 2.45) is 16.8 Å². The largest absolute Gasteiger partial charge is 0.409 e. The molecule has 0 aromatic heterocycles. The van der Waals surface area contributed by atoms with Crippen LogP contribution in [0, 0.1) is 5.92 Å². The highest BCUT2D eigenvalue weighted by Gasteiger charge is 2.19. The lowest BCUT2D eigenvalue weighted by atomic mass is 9.99. The van der Waals surface area contributed by atoms with E-state index < -0.39 is 0 Å². The molecule has 1 saturated carbocycles. The van der Waals surface area contributed by atoms with Gasteiger partial charge in [-0.05, 0) is 19.3 Å². The average Bonchev–Trinajstić information content (AvgIpc) is 2.62. The third-order valence-electron chi connectivity index (χ3n) is 3.26. The van der Waals surface area contributed by atoms with Gasteiger partial charge in [-0.2, -0.15) is 0 Å². The van der Waals surface area contributed by atoms with E-state index in [0.717, 1.165) is 12.8 Å². The Morgan fingerprint density at radius 2 is 1.94 bits per heavy atom. The van der Waals surface area contributed by atoms with Crippen molar-refractivity contribution in [1.29, 1.82) is 0 Å². The van der Waals surface area contributed by atoms with Crippen LogP contribution in [0.3, 0.4) is 0 Å². The Hall–Kier alpha value is -1.26. The van der Waals surface area contributed by atoms with E-state index in [9.17, 15) is 4.79 Å². The van der Waals surface area contributed by atoms with Gasteiger partial charge in [-0.15, -0.1) is 0 Å². The molecule has 5 heteroatoms. The summed E-state index contributed by atoms with van der Waals surface area (Å²) in [5.74, 6) is 0.585. The lowest BCUT2D eigenvalue weighted by Crippen LogP contribution is -2.31. The maximum Gasteiger partial charge on any atom is 0.223 e. The normalized spacial score (nSPS) is 18.7. The molecule has 1 aliphatic carbocycles. The summed E-state index contributed by atoms with van der Waals surface area (Å²) in [6.45, 7) is 0.603. The van der Waals surface area contributed by atoms with E-state index in [0.29, 0.717) is 19.4 Å². The monoisotopic (exact) mass is 241 g/mol. The number of nitrogens with zero attached hydrogens (tertiary/aromatic N) is 1. The summed E-state index contributed by atoms with van der Waals surface area (Å²) in [4.78, 5) is 11.8. The third-order valence-corrected chi connectivity index (χ3v) is 3.26. The molecular weight excluding hydrogens is 218 g/mol. The molecule has 17 heavy (non-hydrogen) atoms. The van der Waals surface area contributed by atoms with Crippen molar-refractivity contribution in [2.45, 2.75) is 51.4 Å². The first-order valence-electron chi connectivity index (χ1n) is 6.48. The van der Waals surface area contributed by atoms with Crippen molar-refractivity contribution < 1.29 is 10.0 Å². The fraction of sp³-hybridized carbons (Fsp3) is 0.833. The second kappa shape index (κ2) is 7.92. The highest BCUT2D eigenvalue weighted by molar-refractivity contribution is 5.80. The molecule has 0 heterocycles. The maximum atomic E-state index is 11.8. The van der Waals surface area contributed by atoms with Gasteiger partial charge in [0.05, 0.1) is 0 Å². The highest BCUT2D eigenvalue weighted by Crippen LogP contribution is 2.22. The molecule has 0 aromatic rings. The number of oxime groups is 1. The highest BCUT2D eigenvalue weighted by atomic mass is 16.4. The van der Waals surface area contributed by atoms with Crippen molar-refractivity contribution in [2.75, 3.05) is 6.54 Å². The Bertz CT molecular complexity index is 258. The number of amides is 1. The van der Waals surface area contributed by atoms with E-state index in [4.69, 9.17) is 10.9 Å². The minimum atomic E-state index is 0.173. The second-order valence-electron chi connectivity index (χ2n) is 4.67. The molecule has 1 aliphatic rings. The zero-order valence-corrected chi connectivity index (χ0v) is 10.3. The number of hydrogen-bond acceptors (Lipinski definition) is 3. The van der Waals surface area contributed by atoms with Crippen molar-refractivity contribution in [1.82, 2.24) is 5.32 Å². The minimum Gasteiger partial charge on any atom is -0.409 e. The molecule has 0 aromatic carbocycles. The number of nitrogens with two attached hydrogens (primary N) is 1. The van der Waals surface area contributed by atoms with Crippen LogP contribution >= 0.6 is 0 Å². The van der Waals surface area contributed by atoms with Gasteiger partial charge in [-0.25, -0.2) is 0 Å². The first-order valence-corrected chi connectivity index (χ1v) is 6.48. The smallest absolute Gasteiger partial charge is 0.223 e. The SMILES string of the molecule is NC(CCCNC(=O)C1CCCCCC1)=NO. The lowest BCUT2D eigenvalue weighted by Gasteiger charge is -2.13. The van der Waals surface area contributed by atoms with E-state index in [1.807, 2.05) is 0 Å². The summed E-state index contributed by atoms with van der Waals surface area (Å²) in [5, 5.41) is 14.2. The molecule has 1 amide bonds. The van der Waals surface area contributed by atoms with Crippen LogP contribution < -0.4 is 11.1 Å². The molecule has 0 atom stereocenters. The third kappa shape index (κ3) is 5.56. The van der Waals surface area contributed by atoms with Crippen molar-refractivity contribution >= 4 is 11.7 Å². The molecule has 0 spiro atoms. The van der Waals surface area contributed by atoms with Crippen molar-refractivity contribution in [3.05, 3.63) is 0 Å². The molecule has 0 unspecified atom stereocenters.